The highest BCUT2D eigenvalue weighted by Crippen LogP contribution is 2.43. The van der Waals surface area contributed by atoms with Gasteiger partial charge in [0.05, 0.1) is 13.2 Å². The van der Waals surface area contributed by atoms with E-state index in [0.717, 1.165) is 32.1 Å². The number of likely N-dealkylation sites (N-methyl/N-ethyl adjacent to an activating group) is 1. The van der Waals surface area contributed by atoms with Gasteiger partial charge in [0.15, 0.2) is 6.10 Å². The van der Waals surface area contributed by atoms with Crippen molar-refractivity contribution in [2.24, 2.45) is 0 Å². The molecule has 0 saturated carbocycles. The second kappa shape index (κ2) is 40.9. The summed E-state index contributed by atoms with van der Waals surface area (Å²) in [5, 5.41) is 0. The van der Waals surface area contributed by atoms with Crippen molar-refractivity contribution in [1.82, 2.24) is 4.90 Å². The van der Waals surface area contributed by atoms with Crippen molar-refractivity contribution in [3.05, 3.63) is 12.2 Å². The van der Waals surface area contributed by atoms with Gasteiger partial charge in [-0.3, -0.25) is 18.6 Å². The molecule has 1 N–H and O–H groups in total. The van der Waals surface area contributed by atoms with Crippen LogP contribution in [0, 0.1) is 0 Å². The van der Waals surface area contributed by atoms with Crippen molar-refractivity contribution >= 4 is 19.8 Å². The van der Waals surface area contributed by atoms with Gasteiger partial charge in [0.25, 0.3) is 0 Å². The van der Waals surface area contributed by atoms with E-state index in [4.69, 9.17) is 18.5 Å². The lowest BCUT2D eigenvalue weighted by Crippen LogP contribution is -2.29. The molecular formula is C45H88NO8P. The van der Waals surface area contributed by atoms with Crippen molar-refractivity contribution in [2.45, 2.75) is 225 Å². The van der Waals surface area contributed by atoms with Gasteiger partial charge >= 0.3 is 19.8 Å². The average Bonchev–Trinajstić information content (AvgIpc) is 3.15. The second-order valence-electron chi connectivity index (χ2n) is 15.9. The molecule has 0 aliphatic carbocycles. The van der Waals surface area contributed by atoms with Crippen molar-refractivity contribution in [1.29, 1.82) is 0 Å². The molecule has 326 valence electrons. The van der Waals surface area contributed by atoms with Gasteiger partial charge in [-0.2, -0.15) is 0 Å². The molecule has 0 spiro atoms. The third-order valence-electron chi connectivity index (χ3n) is 10.1. The summed E-state index contributed by atoms with van der Waals surface area (Å²) in [7, 11) is -0.701. The minimum Gasteiger partial charge on any atom is -0.462 e. The Balaban J connectivity index is 4.14. The number of rotatable bonds is 43. The smallest absolute Gasteiger partial charge is 0.462 e. The zero-order valence-corrected chi connectivity index (χ0v) is 37.3. The number of ether oxygens (including phenoxy) is 2. The molecule has 55 heavy (non-hydrogen) atoms. The molecule has 0 heterocycles. The minimum absolute atomic E-state index is 0.0107. The summed E-state index contributed by atoms with van der Waals surface area (Å²) in [4.78, 5) is 37.0. The van der Waals surface area contributed by atoms with Gasteiger partial charge in [-0.25, -0.2) is 4.57 Å². The number of phosphoric ester groups is 1. The van der Waals surface area contributed by atoms with Gasteiger partial charge in [-0.05, 0) is 52.6 Å². The molecule has 0 aromatic carbocycles. The maximum absolute atomic E-state index is 12.6. The Labute approximate surface area is 339 Å². The SMILES string of the molecule is CCCCCCCC/C=C\CCCCCCCCCCCCCC(=O)OCC(COP(=O)(O)OCCN(C)C)OC(=O)CCCCCCCCCCCCC. The van der Waals surface area contributed by atoms with Crippen LogP contribution in [0.25, 0.3) is 0 Å². The third-order valence-corrected chi connectivity index (χ3v) is 11.1. The molecule has 0 saturated heterocycles. The van der Waals surface area contributed by atoms with E-state index in [1.54, 1.807) is 0 Å². The van der Waals surface area contributed by atoms with Gasteiger partial charge in [0.1, 0.15) is 6.61 Å². The number of hydrogen-bond acceptors (Lipinski definition) is 8. The first-order chi connectivity index (χ1) is 26.7. The van der Waals surface area contributed by atoms with E-state index in [1.165, 1.54) is 154 Å². The summed E-state index contributed by atoms with van der Waals surface area (Å²) in [5.74, 6) is -0.794. The lowest BCUT2D eigenvalue weighted by molar-refractivity contribution is -0.161. The molecule has 0 bridgehead atoms. The van der Waals surface area contributed by atoms with Crippen LogP contribution in [-0.4, -0.2) is 68.3 Å². The molecule has 0 rings (SSSR count). The van der Waals surface area contributed by atoms with Crippen molar-refractivity contribution < 1.29 is 37.6 Å². The van der Waals surface area contributed by atoms with E-state index < -0.39 is 26.5 Å². The molecule has 0 aromatic heterocycles. The largest absolute Gasteiger partial charge is 0.472 e. The normalized spacial score (nSPS) is 13.4. The Morgan fingerprint density at radius 3 is 1.35 bits per heavy atom. The standard InChI is InChI=1S/C45H88NO8P/c1-5-7-9-11-13-15-17-18-19-20-21-22-23-24-25-26-28-29-31-33-35-37-44(47)51-41-43(42-53-55(49,50)52-40-39-46(3)4)54-45(48)38-36-34-32-30-27-16-14-12-10-8-6-2/h18-19,43H,5-17,20-42H2,1-4H3,(H,49,50)/b19-18-. The van der Waals surface area contributed by atoms with Gasteiger partial charge in [-0.15, -0.1) is 0 Å². The summed E-state index contributed by atoms with van der Waals surface area (Å²) >= 11 is 0. The van der Waals surface area contributed by atoms with Gasteiger partial charge < -0.3 is 19.3 Å². The summed E-state index contributed by atoms with van der Waals surface area (Å²) in [6.07, 6.45) is 41.2. The minimum atomic E-state index is -4.35. The molecule has 0 amide bonds. The Hall–Kier alpha value is -1.25. The fourth-order valence-electron chi connectivity index (χ4n) is 6.51. The predicted octanol–water partition coefficient (Wildman–Crippen LogP) is 13.2. The highest BCUT2D eigenvalue weighted by atomic mass is 31.2. The lowest BCUT2D eigenvalue weighted by atomic mass is 10.0. The topological polar surface area (TPSA) is 112 Å². The van der Waals surface area contributed by atoms with Gasteiger partial charge in [-0.1, -0.05) is 180 Å². The molecule has 0 aromatic rings. The maximum atomic E-state index is 12.6. The molecule has 0 aliphatic rings. The van der Waals surface area contributed by atoms with Crippen LogP contribution < -0.4 is 0 Å². The summed E-state index contributed by atoms with van der Waals surface area (Å²) < 4.78 is 33.5. The molecule has 0 fully saturated rings. The molecule has 2 unspecified atom stereocenters. The highest BCUT2D eigenvalue weighted by Gasteiger charge is 2.26. The molecule has 2 atom stereocenters. The Bertz CT molecular complexity index is 931. The van der Waals surface area contributed by atoms with Crippen LogP contribution in [0.1, 0.15) is 219 Å². The fourth-order valence-corrected chi connectivity index (χ4v) is 7.25. The molecule has 9 nitrogen and oxygen atoms in total. The van der Waals surface area contributed by atoms with E-state index in [2.05, 4.69) is 26.0 Å². The Morgan fingerprint density at radius 2 is 0.927 bits per heavy atom. The number of unbranched alkanes of at least 4 members (excludes halogenated alkanes) is 27. The summed E-state index contributed by atoms with van der Waals surface area (Å²) in [6, 6.07) is 0. The van der Waals surface area contributed by atoms with Crippen LogP contribution in [0.5, 0.6) is 0 Å². The monoisotopic (exact) mass is 802 g/mol. The second-order valence-corrected chi connectivity index (χ2v) is 17.4. The van der Waals surface area contributed by atoms with E-state index in [0.29, 0.717) is 19.4 Å². The molecule has 10 heteroatoms. The van der Waals surface area contributed by atoms with Crippen LogP contribution in [0.3, 0.4) is 0 Å². The van der Waals surface area contributed by atoms with Crippen LogP contribution in [0.15, 0.2) is 12.2 Å². The molecule has 0 aliphatic heterocycles. The average molecular weight is 802 g/mol. The first-order valence-electron chi connectivity index (χ1n) is 23.0. The zero-order valence-electron chi connectivity index (χ0n) is 36.4. The number of carbonyl (C=O) groups is 2. The Morgan fingerprint density at radius 1 is 0.545 bits per heavy atom. The number of hydrogen-bond donors (Lipinski definition) is 1. The number of allylic oxidation sites excluding steroid dienone is 2. The lowest BCUT2D eigenvalue weighted by Gasteiger charge is -2.20. The first kappa shape index (κ1) is 53.8. The highest BCUT2D eigenvalue weighted by molar-refractivity contribution is 7.47. The fraction of sp³-hybridized carbons (Fsp3) is 0.911. The van der Waals surface area contributed by atoms with E-state index >= 15 is 0 Å². The predicted molar refractivity (Wildman–Crippen MR) is 229 cm³/mol. The summed E-state index contributed by atoms with van der Waals surface area (Å²) in [5.41, 5.74) is 0. The quantitative estimate of drug-likeness (QED) is 0.0279. The van der Waals surface area contributed by atoms with E-state index in [-0.39, 0.29) is 25.6 Å². The van der Waals surface area contributed by atoms with Crippen molar-refractivity contribution in [2.75, 3.05) is 40.5 Å². The number of carbonyl (C=O) groups excluding carboxylic acids is 2. The maximum Gasteiger partial charge on any atom is 0.472 e. The van der Waals surface area contributed by atoms with E-state index in [1.807, 2.05) is 19.0 Å². The van der Waals surface area contributed by atoms with Crippen LogP contribution in [0.4, 0.5) is 0 Å². The van der Waals surface area contributed by atoms with Crippen molar-refractivity contribution in [3.63, 3.8) is 0 Å². The van der Waals surface area contributed by atoms with Gasteiger partial charge in [0.2, 0.25) is 0 Å². The zero-order chi connectivity index (χ0) is 40.5. The Kier molecular flexibility index (Phi) is 40.0. The number of esters is 2. The van der Waals surface area contributed by atoms with Crippen LogP contribution >= 0.6 is 7.82 Å². The number of phosphoric acid groups is 1. The van der Waals surface area contributed by atoms with Crippen molar-refractivity contribution in [3.8, 4) is 0 Å². The van der Waals surface area contributed by atoms with E-state index in [9.17, 15) is 19.0 Å². The first-order valence-corrected chi connectivity index (χ1v) is 24.5. The van der Waals surface area contributed by atoms with Crippen LogP contribution in [-0.2, 0) is 32.7 Å². The number of nitrogens with zero attached hydrogens (tertiary/aromatic N) is 1. The molecule has 0 radical (unpaired) electrons. The summed E-state index contributed by atoms with van der Waals surface area (Å²) in [6.45, 7) is 4.34. The van der Waals surface area contributed by atoms with Crippen LogP contribution in [0.2, 0.25) is 0 Å². The third kappa shape index (κ3) is 42.2. The molecular weight excluding hydrogens is 713 g/mol. The van der Waals surface area contributed by atoms with Gasteiger partial charge in [0, 0.05) is 19.4 Å².